The Bertz CT molecular complexity index is 454. The number of rotatable bonds is 6. The van der Waals surface area contributed by atoms with Crippen LogP contribution in [-0.2, 0) is 17.9 Å². The molecule has 1 N–H and O–H groups in total. The minimum atomic E-state index is 0.405. The summed E-state index contributed by atoms with van der Waals surface area (Å²) in [5, 5.41) is 3.51. The van der Waals surface area contributed by atoms with Crippen molar-refractivity contribution in [2.45, 2.75) is 78.2 Å². The number of nitrogens with one attached hydrogen (secondary N) is 1. The van der Waals surface area contributed by atoms with Crippen molar-refractivity contribution < 1.29 is 9.15 Å². The fourth-order valence-electron chi connectivity index (χ4n) is 3.57. The van der Waals surface area contributed by atoms with E-state index < -0.39 is 0 Å². The first kappa shape index (κ1) is 15.1. The fourth-order valence-corrected chi connectivity index (χ4v) is 3.57. The molecule has 0 aromatic carbocycles. The van der Waals surface area contributed by atoms with Crippen LogP contribution in [0.1, 0.15) is 63.0 Å². The highest BCUT2D eigenvalue weighted by Gasteiger charge is 2.25. The molecule has 3 rings (SSSR count). The van der Waals surface area contributed by atoms with Crippen LogP contribution in [-0.4, -0.2) is 12.1 Å². The third-order valence-electron chi connectivity index (χ3n) is 4.80. The van der Waals surface area contributed by atoms with Crippen LogP contribution in [0.25, 0.3) is 0 Å². The van der Waals surface area contributed by atoms with Crippen molar-refractivity contribution in [2.75, 3.05) is 0 Å². The zero-order valence-corrected chi connectivity index (χ0v) is 13.7. The summed E-state index contributed by atoms with van der Waals surface area (Å²) in [7, 11) is 0. The van der Waals surface area contributed by atoms with Gasteiger partial charge in [0.15, 0.2) is 0 Å². The van der Waals surface area contributed by atoms with Crippen LogP contribution in [0.3, 0.4) is 0 Å². The highest BCUT2D eigenvalue weighted by molar-refractivity contribution is 5.19. The number of hydrogen-bond acceptors (Lipinski definition) is 3. The molecule has 3 nitrogen and oxygen atoms in total. The predicted molar refractivity (Wildman–Crippen MR) is 84.1 cm³/mol. The van der Waals surface area contributed by atoms with Crippen LogP contribution in [0.4, 0.5) is 0 Å². The Morgan fingerprint density at radius 1 is 1.19 bits per heavy atom. The molecule has 1 aromatic rings. The van der Waals surface area contributed by atoms with Crippen molar-refractivity contribution in [2.24, 2.45) is 11.8 Å². The summed E-state index contributed by atoms with van der Waals surface area (Å²) >= 11 is 0. The van der Waals surface area contributed by atoms with E-state index in [9.17, 15) is 0 Å². The molecule has 0 amide bonds. The van der Waals surface area contributed by atoms with Crippen LogP contribution in [0.5, 0.6) is 0 Å². The molecular weight excluding hydrogens is 262 g/mol. The van der Waals surface area contributed by atoms with Gasteiger partial charge in [0.05, 0.1) is 12.6 Å². The lowest BCUT2D eigenvalue weighted by atomic mass is 9.82. The van der Waals surface area contributed by atoms with E-state index in [4.69, 9.17) is 9.15 Å². The number of furan rings is 1. The molecule has 21 heavy (non-hydrogen) atoms. The molecule has 2 aliphatic rings. The lowest BCUT2D eigenvalue weighted by molar-refractivity contribution is -0.0159. The van der Waals surface area contributed by atoms with Crippen LogP contribution in [0.2, 0.25) is 0 Å². The first-order chi connectivity index (χ1) is 10.1. The molecule has 1 heterocycles. The third kappa shape index (κ3) is 4.33. The minimum absolute atomic E-state index is 0.405. The summed E-state index contributed by atoms with van der Waals surface area (Å²) in [5.41, 5.74) is 1.24. The van der Waals surface area contributed by atoms with Gasteiger partial charge in [0.25, 0.3) is 0 Å². The van der Waals surface area contributed by atoms with E-state index in [-0.39, 0.29) is 0 Å². The largest absolute Gasteiger partial charge is 0.462 e. The Hall–Kier alpha value is -0.800. The van der Waals surface area contributed by atoms with Gasteiger partial charge in [-0.15, -0.1) is 0 Å². The molecule has 0 saturated heterocycles. The SMILES string of the molecule is Cc1cc(COC2CC(C)CC(C)C2)oc1CNC1CC1. The molecule has 2 unspecified atom stereocenters. The van der Waals surface area contributed by atoms with Crippen LogP contribution < -0.4 is 5.32 Å². The monoisotopic (exact) mass is 291 g/mol. The van der Waals surface area contributed by atoms with Gasteiger partial charge in [-0.05, 0) is 62.5 Å². The topological polar surface area (TPSA) is 34.4 Å². The standard InChI is InChI=1S/C18H29NO2/c1-12-6-13(2)8-16(7-12)20-11-17-9-14(3)18(21-17)10-19-15-4-5-15/h9,12-13,15-16,19H,4-8,10-11H2,1-3H3. The number of ether oxygens (including phenoxy) is 1. The molecule has 0 aliphatic heterocycles. The van der Waals surface area contributed by atoms with Crippen LogP contribution in [0, 0.1) is 18.8 Å². The lowest BCUT2D eigenvalue weighted by Gasteiger charge is -2.31. The summed E-state index contributed by atoms with van der Waals surface area (Å²) < 4.78 is 12.1. The molecule has 118 valence electrons. The summed E-state index contributed by atoms with van der Waals surface area (Å²) in [6.45, 7) is 8.28. The average molecular weight is 291 g/mol. The number of hydrogen-bond donors (Lipinski definition) is 1. The van der Waals surface area contributed by atoms with Gasteiger partial charge in [0.1, 0.15) is 18.1 Å². The van der Waals surface area contributed by atoms with Crippen molar-refractivity contribution in [1.29, 1.82) is 0 Å². The van der Waals surface area contributed by atoms with Crippen LogP contribution >= 0.6 is 0 Å². The zero-order valence-electron chi connectivity index (χ0n) is 13.7. The summed E-state index contributed by atoms with van der Waals surface area (Å²) in [6, 6.07) is 2.86. The minimum Gasteiger partial charge on any atom is -0.462 e. The zero-order chi connectivity index (χ0) is 14.8. The smallest absolute Gasteiger partial charge is 0.130 e. The molecule has 0 spiro atoms. The van der Waals surface area contributed by atoms with Crippen molar-refractivity contribution in [3.05, 3.63) is 23.2 Å². The quantitative estimate of drug-likeness (QED) is 0.853. The molecule has 2 aliphatic carbocycles. The first-order valence-corrected chi connectivity index (χ1v) is 8.53. The molecule has 0 bridgehead atoms. The Morgan fingerprint density at radius 3 is 2.57 bits per heavy atom. The van der Waals surface area contributed by atoms with Gasteiger partial charge in [-0.1, -0.05) is 13.8 Å². The van der Waals surface area contributed by atoms with E-state index in [1.54, 1.807) is 0 Å². The fraction of sp³-hybridized carbons (Fsp3) is 0.778. The van der Waals surface area contributed by atoms with Crippen molar-refractivity contribution in [1.82, 2.24) is 5.32 Å². The van der Waals surface area contributed by atoms with Gasteiger partial charge >= 0.3 is 0 Å². The molecule has 2 saturated carbocycles. The summed E-state index contributed by atoms with van der Waals surface area (Å²) in [5.74, 6) is 3.63. The molecule has 1 aromatic heterocycles. The predicted octanol–water partition coefficient (Wildman–Crippen LogP) is 4.18. The van der Waals surface area contributed by atoms with Gasteiger partial charge < -0.3 is 14.5 Å². The third-order valence-corrected chi connectivity index (χ3v) is 4.80. The van der Waals surface area contributed by atoms with Crippen LogP contribution in [0.15, 0.2) is 10.5 Å². The van der Waals surface area contributed by atoms with E-state index in [0.29, 0.717) is 12.7 Å². The van der Waals surface area contributed by atoms with E-state index in [1.807, 2.05) is 0 Å². The van der Waals surface area contributed by atoms with Gasteiger partial charge in [0.2, 0.25) is 0 Å². The summed E-state index contributed by atoms with van der Waals surface area (Å²) in [4.78, 5) is 0. The van der Waals surface area contributed by atoms with Crippen molar-refractivity contribution in [3.63, 3.8) is 0 Å². The Morgan fingerprint density at radius 2 is 1.90 bits per heavy atom. The van der Waals surface area contributed by atoms with Gasteiger partial charge in [-0.25, -0.2) is 0 Å². The second-order valence-electron chi connectivity index (χ2n) is 7.32. The molecular formula is C18H29NO2. The van der Waals surface area contributed by atoms with E-state index in [2.05, 4.69) is 32.2 Å². The highest BCUT2D eigenvalue weighted by atomic mass is 16.5. The highest BCUT2D eigenvalue weighted by Crippen LogP contribution is 2.31. The molecule has 3 heteroatoms. The van der Waals surface area contributed by atoms with Crippen molar-refractivity contribution in [3.8, 4) is 0 Å². The lowest BCUT2D eigenvalue weighted by Crippen LogP contribution is -2.26. The second-order valence-corrected chi connectivity index (χ2v) is 7.32. The maximum absolute atomic E-state index is 6.10. The average Bonchev–Trinajstić information content (AvgIpc) is 3.17. The summed E-state index contributed by atoms with van der Waals surface area (Å²) in [6.07, 6.45) is 6.76. The Balaban J connectivity index is 1.49. The normalized spacial score (nSPS) is 29.8. The van der Waals surface area contributed by atoms with Gasteiger partial charge in [0, 0.05) is 6.04 Å². The second kappa shape index (κ2) is 6.53. The molecule has 2 fully saturated rings. The first-order valence-electron chi connectivity index (χ1n) is 8.53. The molecule has 0 radical (unpaired) electrons. The van der Waals surface area contributed by atoms with E-state index in [0.717, 1.165) is 35.9 Å². The Labute approximate surface area is 128 Å². The number of aryl methyl sites for hydroxylation is 1. The molecule has 2 atom stereocenters. The van der Waals surface area contributed by atoms with Gasteiger partial charge in [-0.2, -0.15) is 0 Å². The Kier molecular flexibility index (Phi) is 4.70. The van der Waals surface area contributed by atoms with Crippen molar-refractivity contribution >= 4 is 0 Å². The van der Waals surface area contributed by atoms with E-state index >= 15 is 0 Å². The maximum atomic E-state index is 6.10. The van der Waals surface area contributed by atoms with Gasteiger partial charge in [-0.3, -0.25) is 0 Å². The van der Waals surface area contributed by atoms with E-state index in [1.165, 1.54) is 37.7 Å². The maximum Gasteiger partial charge on any atom is 0.130 e.